The number of halogens is 3. The zero-order valence-electron chi connectivity index (χ0n) is 17.6. The fourth-order valence-corrected chi connectivity index (χ4v) is 3.56. The molecule has 1 N–H and O–H groups in total. The Morgan fingerprint density at radius 2 is 1.82 bits per heavy atom. The molecule has 1 fully saturated rings. The van der Waals surface area contributed by atoms with Crippen LogP contribution in [0.3, 0.4) is 0 Å². The predicted octanol–water partition coefficient (Wildman–Crippen LogP) is 4.53. The van der Waals surface area contributed by atoms with Gasteiger partial charge < -0.3 is 14.5 Å². The number of rotatable bonds is 8. The smallest absolute Gasteiger partial charge is 0.387 e. The molecule has 10 heteroatoms. The Labute approximate surface area is 187 Å². The van der Waals surface area contributed by atoms with Crippen LogP contribution < -0.4 is 10.1 Å². The number of benzene rings is 2. The molecule has 3 amide bonds. The molecule has 3 aromatic rings. The minimum absolute atomic E-state index is 0.0454. The number of hydrogen-bond donors (Lipinski definition) is 1. The maximum Gasteiger partial charge on any atom is 0.387 e. The van der Waals surface area contributed by atoms with Crippen molar-refractivity contribution in [2.24, 2.45) is 0 Å². The Bertz CT molecular complexity index is 1150. The van der Waals surface area contributed by atoms with Gasteiger partial charge in [-0.25, -0.2) is 14.2 Å². The molecule has 1 aliphatic rings. The lowest BCUT2D eigenvalue weighted by molar-refractivity contribution is -0.131. The second-order valence-electron chi connectivity index (χ2n) is 7.83. The highest BCUT2D eigenvalue weighted by Gasteiger charge is 2.47. The van der Waals surface area contributed by atoms with E-state index in [0.717, 1.165) is 10.5 Å². The number of carbonyl (C=O) groups is 2. The molecule has 1 aromatic heterocycles. The lowest BCUT2D eigenvalue weighted by Crippen LogP contribution is -2.44. The number of imide groups is 1. The van der Waals surface area contributed by atoms with Crippen molar-refractivity contribution in [2.45, 2.75) is 38.5 Å². The molecule has 1 saturated heterocycles. The molecule has 4 rings (SSSR count). The third-order valence-corrected chi connectivity index (χ3v) is 5.37. The first-order valence-corrected chi connectivity index (χ1v) is 10.1. The first kappa shape index (κ1) is 22.4. The van der Waals surface area contributed by atoms with E-state index in [9.17, 15) is 22.8 Å². The van der Waals surface area contributed by atoms with Crippen LogP contribution in [0.25, 0.3) is 11.5 Å². The van der Waals surface area contributed by atoms with Gasteiger partial charge in [0.05, 0.1) is 12.2 Å². The summed E-state index contributed by atoms with van der Waals surface area (Å²) in [7, 11) is 0. The number of nitrogens with zero attached hydrogens (tertiary/aromatic N) is 2. The topological polar surface area (TPSA) is 84.7 Å². The van der Waals surface area contributed by atoms with Crippen molar-refractivity contribution >= 4 is 11.9 Å². The van der Waals surface area contributed by atoms with Crippen molar-refractivity contribution < 1.29 is 31.9 Å². The van der Waals surface area contributed by atoms with Gasteiger partial charge in [-0.1, -0.05) is 12.1 Å². The summed E-state index contributed by atoms with van der Waals surface area (Å²) < 4.78 is 47.4. The Kier molecular flexibility index (Phi) is 6.08. The Hall–Kier alpha value is -3.82. The van der Waals surface area contributed by atoms with Gasteiger partial charge in [-0.3, -0.25) is 9.69 Å². The second kappa shape index (κ2) is 8.97. The largest absolute Gasteiger partial charge is 0.444 e. The maximum atomic E-state index is 13.1. The number of nitrogens with one attached hydrogen (secondary N) is 1. The average Bonchev–Trinajstić information content (AvgIpc) is 3.32. The number of hydrogen-bond acceptors (Lipinski definition) is 5. The zero-order chi connectivity index (χ0) is 23.6. The molecule has 0 bridgehead atoms. The number of urea groups is 1. The summed E-state index contributed by atoms with van der Waals surface area (Å²) in [6.45, 7) is -1.35. The molecule has 7 nitrogen and oxygen atoms in total. The van der Waals surface area contributed by atoms with Crippen molar-refractivity contribution in [3.63, 3.8) is 0 Å². The molecule has 1 aliphatic heterocycles. The molecule has 0 radical (unpaired) electrons. The van der Waals surface area contributed by atoms with E-state index < -0.39 is 24.1 Å². The average molecular weight is 459 g/mol. The van der Waals surface area contributed by atoms with Crippen molar-refractivity contribution in [3.05, 3.63) is 71.9 Å². The van der Waals surface area contributed by atoms with E-state index in [4.69, 9.17) is 4.42 Å². The minimum atomic E-state index is -2.90. The lowest BCUT2D eigenvalue weighted by Gasteiger charge is -2.21. The van der Waals surface area contributed by atoms with Crippen molar-refractivity contribution in [2.75, 3.05) is 0 Å². The zero-order valence-corrected chi connectivity index (χ0v) is 17.6. The highest BCUT2D eigenvalue weighted by molar-refractivity contribution is 6.06. The fourth-order valence-electron chi connectivity index (χ4n) is 3.56. The van der Waals surface area contributed by atoms with E-state index in [2.05, 4.69) is 15.0 Å². The molecular weight excluding hydrogens is 439 g/mol. The minimum Gasteiger partial charge on any atom is -0.444 e. The summed E-state index contributed by atoms with van der Waals surface area (Å²) in [6, 6.07) is 11.2. The van der Waals surface area contributed by atoms with Crippen LogP contribution in [-0.4, -0.2) is 34.0 Å². The third kappa shape index (κ3) is 5.00. The summed E-state index contributed by atoms with van der Waals surface area (Å²) >= 11 is 0. The quantitative estimate of drug-likeness (QED) is 0.501. The van der Waals surface area contributed by atoms with Crippen LogP contribution >= 0.6 is 0 Å². The number of carbonyl (C=O) groups excluding carboxylic acids is 2. The molecular formula is C23H20F3N3O4. The summed E-state index contributed by atoms with van der Waals surface area (Å²) in [6.07, 6.45) is 2.09. The third-order valence-electron chi connectivity index (χ3n) is 5.37. The Morgan fingerprint density at radius 1 is 1.12 bits per heavy atom. The number of alkyl halides is 2. The van der Waals surface area contributed by atoms with Gasteiger partial charge in [0.25, 0.3) is 5.91 Å². The number of aromatic nitrogens is 1. The second-order valence-corrected chi connectivity index (χ2v) is 7.83. The van der Waals surface area contributed by atoms with E-state index in [1.54, 1.807) is 19.1 Å². The molecule has 2 heterocycles. The highest BCUT2D eigenvalue weighted by atomic mass is 19.3. The standard InChI is InChI=1S/C23H20F3N3O4/c1-23(11-10-14-2-8-18(9-3-14)33-21(25)26)20(30)29(22(31)28-23)12-17-13-32-19(27-17)15-4-6-16(24)7-5-15/h2-9,13,21H,10-12H2,1H3,(H,28,31). The Balaban J connectivity index is 1.39. The van der Waals surface area contributed by atoms with Gasteiger partial charge in [0.1, 0.15) is 23.4 Å². The molecule has 0 saturated carbocycles. The van der Waals surface area contributed by atoms with Crippen molar-refractivity contribution in [1.29, 1.82) is 0 Å². The van der Waals surface area contributed by atoms with Crippen LogP contribution in [0.5, 0.6) is 5.75 Å². The number of aryl methyl sites for hydroxylation is 1. The van der Waals surface area contributed by atoms with Crippen molar-refractivity contribution in [1.82, 2.24) is 15.2 Å². The van der Waals surface area contributed by atoms with Gasteiger partial charge in [-0.2, -0.15) is 8.78 Å². The molecule has 2 aromatic carbocycles. The molecule has 0 spiro atoms. The normalized spacial score (nSPS) is 18.2. The first-order valence-electron chi connectivity index (χ1n) is 10.1. The molecule has 1 unspecified atom stereocenters. The predicted molar refractivity (Wildman–Crippen MR) is 111 cm³/mol. The molecule has 0 aliphatic carbocycles. The maximum absolute atomic E-state index is 13.1. The summed E-state index contributed by atoms with van der Waals surface area (Å²) in [5.41, 5.74) is 0.615. The monoisotopic (exact) mass is 459 g/mol. The fraction of sp³-hybridized carbons (Fsp3) is 0.261. The van der Waals surface area contributed by atoms with Crippen LogP contribution in [-0.2, 0) is 17.8 Å². The number of amides is 3. The summed E-state index contributed by atoms with van der Waals surface area (Å²) in [5, 5.41) is 2.72. The van der Waals surface area contributed by atoms with Crippen molar-refractivity contribution in [3.8, 4) is 17.2 Å². The SMILES string of the molecule is CC1(CCc2ccc(OC(F)F)cc2)NC(=O)N(Cc2coc(-c3ccc(F)cc3)n2)C1=O. The Morgan fingerprint density at radius 3 is 2.48 bits per heavy atom. The highest BCUT2D eigenvalue weighted by Crippen LogP contribution is 2.26. The summed E-state index contributed by atoms with van der Waals surface area (Å²) in [4.78, 5) is 30.8. The van der Waals surface area contributed by atoms with Crippen LogP contribution in [0.15, 0.2) is 59.2 Å². The molecule has 172 valence electrons. The van der Waals surface area contributed by atoms with Crippen LogP contribution in [0, 0.1) is 5.82 Å². The number of oxazole rings is 1. The number of ether oxygens (including phenoxy) is 1. The molecule has 1 atom stereocenters. The van der Waals surface area contributed by atoms with E-state index in [-0.39, 0.29) is 24.0 Å². The molecule has 33 heavy (non-hydrogen) atoms. The van der Waals surface area contributed by atoms with Gasteiger partial charge in [0, 0.05) is 5.56 Å². The van der Waals surface area contributed by atoms with Gasteiger partial charge in [0.2, 0.25) is 5.89 Å². The van der Waals surface area contributed by atoms with E-state index in [0.29, 0.717) is 24.1 Å². The van der Waals surface area contributed by atoms with E-state index in [1.807, 2.05) is 0 Å². The van der Waals surface area contributed by atoms with E-state index >= 15 is 0 Å². The summed E-state index contributed by atoms with van der Waals surface area (Å²) in [5.74, 6) is -0.499. The van der Waals surface area contributed by atoms with Crippen LogP contribution in [0.1, 0.15) is 24.6 Å². The lowest BCUT2D eigenvalue weighted by atomic mass is 9.93. The van der Waals surface area contributed by atoms with Gasteiger partial charge in [-0.05, 0) is 61.7 Å². The van der Waals surface area contributed by atoms with Crippen LogP contribution in [0.2, 0.25) is 0 Å². The van der Waals surface area contributed by atoms with Crippen LogP contribution in [0.4, 0.5) is 18.0 Å². The van der Waals surface area contributed by atoms with E-state index in [1.165, 1.54) is 42.7 Å². The van der Waals surface area contributed by atoms with Gasteiger partial charge in [-0.15, -0.1) is 0 Å². The van der Waals surface area contributed by atoms with Gasteiger partial charge >= 0.3 is 12.6 Å². The first-order chi connectivity index (χ1) is 15.7. The van der Waals surface area contributed by atoms with Gasteiger partial charge in [0.15, 0.2) is 0 Å².